The van der Waals surface area contributed by atoms with E-state index in [2.05, 4.69) is 15.2 Å². The summed E-state index contributed by atoms with van der Waals surface area (Å²) in [5.41, 5.74) is 2.62. The first kappa shape index (κ1) is 19.4. The lowest BCUT2D eigenvalue weighted by atomic mass is 10.0. The van der Waals surface area contributed by atoms with E-state index in [1.54, 1.807) is 9.13 Å². The molecule has 4 rings (SSSR count). The van der Waals surface area contributed by atoms with Crippen LogP contribution in [-0.2, 0) is 24.4 Å². The molecule has 0 aliphatic carbocycles. The number of amides is 1. The van der Waals surface area contributed by atoms with E-state index in [-0.39, 0.29) is 24.2 Å². The van der Waals surface area contributed by atoms with Crippen molar-refractivity contribution in [1.29, 1.82) is 0 Å². The zero-order chi connectivity index (χ0) is 20.2. The smallest absolute Gasteiger partial charge is 0.329 e. The van der Waals surface area contributed by atoms with Crippen LogP contribution in [0.3, 0.4) is 0 Å². The minimum Gasteiger partial charge on any atom is -0.352 e. The van der Waals surface area contributed by atoms with Gasteiger partial charge in [0.15, 0.2) is 0 Å². The van der Waals surface area contributed by atoms with Gasteiger partial charge in [-0.15, -0.1) is 0 Å². The highest BCUT2D eigenvalue weighted by atomic mass is 16.2. The molecule has 29 heavy (non-hydrogen) atoms. The van der Waals surface area contributed by atoms with Crippen LogP contribution in [0.4, 0.5) is 0 Å². The molecule has 1 N–H and O–H groups in total. The number of aromatic nitrogens is 3. The van der Waals surface area contributed by atoms with Crippen molar-refractivity contribution >= 4 is 16.9 Å². The van der Waals surface area contributed by atoms with Crippen LogP contribution < -0.4 is 11.0 Å². The highest BCUT2D eigenvalue weighted by molar-refractivity contribution is 5.81. The molecule has 0 saturated carbocycles. The van der Waals surface area contributed by atoms with Gasteiger partial charge in [-0.2, -0.15) is 0 Å². The van der Waals surface area contributed by atoms with E-state index in [0.29, 0.717) is 6.54 Å². The van der Waals surface area contributed by atoms with Gasteiger partial charge in [-0.1, -0.05) is 18.2 Å². The Morgan fingerprint density at radius 2 is 1.76 bits per heavy atom. The summed E-state index contributed by atoms with van der Waals surface area (Å²) in [6.07, 6.45) is 3.63. The number of pyridine rings is 1. The summed E-state index contributed by atoms with van der Waals surface area (Å²) in [4.78, 5) is 32.1. The van der Waals surface area contributed by atoms with Crippen molar-refractivity contribution in [2.45, 2.75) is 45.4 Å². The fraction of sp³-hybridized carbons (Fsp3) is 0.409. The molecular weight excluding hydrogens is 366 g/mol. The van der Waals surface area contributed by atoms with Gasteiger partial charge in [0, 0.05) is 38.4 Å². The third-order valence-electron chi connectivity index (χ3n) is 5.61. The first-order chi connectivity index (χ1) is 14.2. The van der Waals surface area contributed by atoms with Gasteiger partial charge in [0.2, 0.25) is 5.91 Å². The summed E-state index contributed by atoms with van der Waals surface area (Å²) in [6, 6.07) is 13.8. The van der Waals surface area contributed by atoms with E-state index in [1.165, 1.54) is 0 Å². The lowest BCUT2D eigenvalue weighted by molar-refractivity contribution is -0.122. The molecule has 7 nitrogen and oxygen atoms in total. The number of carbonyl (C=O) groups excluding carboxylic acids is 1. The first-order valence-electron chi connectivity index (χ1n) is 10.3. The molecule has 7 heteroatoms. The average Bonchev–Trinajstić information content (AvgIpc) is 3.01. The molecule has 1 fully saturated rings. The monoisotopic (exact) mass is 393 g/mol. The number of para-hydroxylation sites is 2. The molecule has 1 amide bonds. The summed E-state index contributed by atoms with van der Waals surface area (Å²) in [6.45, 7) is 5.28. The highest BCUT2D eigenvalue weighted by Crippen LogP contribution is 2.14. The summed E-state index contributed by atoms with van der Waals surface area (Å²) >= 11 is 0. The van der Waals surface area contributed by atoms with Gasteiger partial charge in [0.1, 0.15) is 6.54 Å². The molecule has 152 valence electrons. The molecule has 0 unspecified atom stereocenters. The van der Waals surface area contributed by atoms with E-state index >= 15 is 0 Å². The Kier molecular flexibility index (Phi) is 5.76. The number of fused-ring (bicyclic) bond motifs is 1. The van der Waals surface area contributed by atoms with Gasteiger partial charge in [-0.3, -0.25) is 23.8 Å². The van der Waals surface area contributed by atoms with Crippen molar-refractivity contribution in [3.8, 4) is 0 Å². The van der Waals surface area contributed by atoms with Crippen LogP contribution in [0.15, 0.2) is 53.5 Å². The highest BCUT2D eigenvalue weighted by Gasteiger charge is 2.22. The molecule has 0 radical (unpaired) electrons. The molecule has 1 aromatic carbocycles. The van der Waals surface area contributed by atoms with Gasteiger partial charge >= 0.3 is 5.69 Å². The molecular formula is C22H27N5O2. The third-order valence-corrected chi connectivity index (χ3v) is 5.61. The Bertz CT molecular complexity index is 1030. The molecule has 1 aliphatic heterocycles. The van der Waals surface area contributed by atoms with Crippen LogP contribution in [0.1, 0.15) is 25.5 Å². The topological polar surface area (TPSA) is 72.2 Å². The zero-order valence-corrected chi connectivity index (χ0v) is 16.8. The predicted molar refractivity (Wildman–Crippen MR) is 113 cm³/mol. The van der Waals surface area contributed by atoms with Crippen molar-refractivity contribution < 1.29 is 4.79 Å². The van der Waals surface area contributed by atoms with Crippen LogP contribution in [0.2, 0.25) is 0 Å². The molecule has 2 aromatic heterocycles. The van der Waals surface area contributed by atoms with Gasteiger partial charge < -0.3 is 5.32 Å². The number of nitrogens with one attached hydrogen (secondary N) is 1. The predicted octanol–water partition coefficient (Wildman–Crippen LogP) is 2.00. The SMILES string of the molecule is CCn1c(=O)n(CC(=O)NC2CCN(Cc3ccccn3)CC2)c2ccccc21. The Hall–Kier alpha value is -2.93. The van der Waals surface area contributed by atoms with Gasteiger partial charge in [-0.25, -0.2) is 4.79 Å². The van der Waals surface area contributed by atoms with Crippen molar-refractivity contribution in [1.82, 2.24) is 24.3 Å². The number of benzene rings is 1. The second kappa shape index (κ2) is 8.61. The maximum atomic E-state index is 12.7. The van der Waals surface area contributed by atoms with Crippen molar-refractivity contribution in [2.75, 3.05) is 13.1 Å². The second-order valence-corrected chi connectivity index (χ2v) is 7.54. The molecule has 3 heterocycles. The van der Waals surface area contributed by atoms with E-state index in [0.717, 1.165) is 49.2 Å². The normalized spacial score (nSPS) is 15.6. The maximum absolute atomic E-state index is 12.7. The molecule has 1 aliphatic rings. The Morgan fingerprint density at radius 1 is 1.07 bits per heavy atom. The fourth-order valence-electron chi connectivity index (χ4n) is 4.10. The maximum Gasteiger partial charge on any atom is 0.329 e. The number of imidazole rings is 1. The lowest BCUT2D eigenvalue weighted by Gasteiger charge is -2.32. The Balaban J connectivity index is 1.35. The lowest BCUT2D eigenvalue weighted by Crippen LogP contribution is -2.45. The Morgan fingerprint density at radius 3 is 2.41 bits per heavy atom. The zero-order valence-electron chi connectivity index (χ0n) is 16.8. The average molecular weight is 393 g/mol. The van der Waals surface area contributed by atoms with Crippen molar-refractivity contribution in [2.24, 2.45) is 0 Å². The number of rotatable bonds is 6. The molecule has 0 spiro atoms. The van der Waals surface area contributed by atoms with Crippen LogP contribution in [0.25, 0.3) is 11.0 Å². The summed E-state index contributed by atoms with van der Waals surface area (Å²) in [5.74, 6) is -0.103. The van der Waals surface area contributed by atoms with Gasteiger partial charge in [0.05, 0.1) is 16.7 Å². The van der Waals surface area contributed by atoms with E-state index in [4.69, 9.17) is 0 Å². The van der Waals surface area contributed by atoms with E-state index in [1.807, 2.05) is 55.6 Å². The molecule has 0 bridgehead atoms. The Labute approximate surface area is 170 Å². The summed E-state index contributed by atoms with van der Waals surface area (Å²) in [5, 5.41) is 3.12. The van der Waals surface area contributed by atoms with Crippen LogP contribution in [-0.4, -0.2) is 44.1 Å². The van der Waals surface area contributed by atoms with Gasteiger partial charge in [-0.05, 0) is 44.0 Å². The number of nitrogens with zero attached hydrogens (tertiary/aromatic N) is 4. The van der Waals surface area contributed by atoms with Crippen molar-refractivity contribution in [3.05, 3.63) is 64.8 Å². The largest absolute Gasteiger partial charge is 0.352 e. The number of likely N-dealkylation sites (tertiary alicyclic amines) is 1. The minimum absolute atomic E-state index is 0.0560. The fourth-order valence-corrected chi connectivity index (χ4v) is 4.10. The first-order valence-corrected chi connectivity index (χ1v) is 10.3. The number of hydrogen-bond donors (Lipinski definition) is 1. The standard InChI is InChI=1S/C22H27N5O2/c1-2-26-19-8-3-4-9-20(19)27(22(26)29)16-21(28)24-17-10-13-25(14-11-17)15-18-7-5-6-12-23-18/h3-9,12,17H,2,10-11,13-16H2,1H3,(H,24,28). The summed E-state index contributed by atoms with van der Waals surface area (Å²) in [7, 11) is 0. The molecule has 0 atom stereocenters. The minimum atomic E-state index is -0.131. The molecule has 3 aromatic rings. The van der Waals surface area contributed by atoms with E-state index < -0.39 is 0 Å². The number of hydrogen-bond acceptors (Lipinski definition) is 4. The number of piperidine rings is 1. The quantitative estimate of drug-likeness (QED) is 0.695. The second-order valence-electron chi connectivity index (χ2n) is 7.54. The van der Waals surface area contributed by atoms with Crippen LogP contribution >= 0.6 is 0 Å². The third kappa shape index (κ3) is 4.24. The summed E-state index contributed by atoms with van der Waals surface area (Å²) < 4.78 is 3.28. The number of aryl methyl sites for hydroxylation is 1. The van der Waals surface area contributed by atoms with E-state index in [9.17, 15) is 9.59 Å². The molecule has 1 saturated heterocycles. The number of carbonyl (C=O) groups is 1. The van der Waals surface area contributed by atoms with Crippen molar-refractivity contribution in [3.63, 3.8) is 0 Å². The van der Waals surface area contributed by atoms with Crippen LogP contribution in [0.5, 0.6) is 0 Å². The van der Waals surface area contributed by atoms with Gasteiger partial charge in [0.25, 0.3) is 0 Å². The van der Waals surface area contributed by atoms with Crippen LogP contribution in [0, 0.1) is 0 Å².